The molecular weight excluding hydrogens is 244 g/mol. The zero-order valence-electron chi connectivity index (χ0n) is 12.0. The second-order valence-corrected chi connectivity index (χ2v) is 5.12. The predicted octanol–water partition coefficient (Wildman–Crippen LogP) is 2.68. The maximum atomic E-state index is 11.8. The minimum Gasteiger partial charge on any atom is -0.508 e. The summed E-state index contributed by atoms with van der Waals surface area (Å²) in [5.74, 6) is -0.222. The van der Waals surface area contributed by atoms with Gasteiger partial charge in [-0.05, 0) is 38.0 Å². The average molecular weight is 266 g/mol. The number of esters is 1. The van der Waals surface area contributed by atoms with E-state index in [0.717, 1.165) is 12.0 Å². The molecule has 0 saturated heterocycles. The van der Waals surface area contributed by atoms with Crippen LogP contribution in [0.1, 0.15) is 32.8 Å². The Morgan fingerprint density at radius 1 is 1.42 bits per heavy atom. The molecule has 4 heteroatoms. The van der Waals surface area contributed by atoms with Crippen molar-refractivity contribution in [1.82, 2.24) is 0 Å². The summed E-state index contributed by atoms with van der Waals surface area (Å²) in [6, 6.07) is 6.80. The summed E-state index contributed by atoms with van der Waals surface area (Å²) in [4.78, 5) is 11.8. The van der Waals surface area contributed by atoms with Crippen LogP contribution in [-0.2, 0) is 20.7 Å². The van der Waals surface area contributed by atoms with Gasteiger partial charge in [0.25, 0.3) is 0 Å². The zero-order chi connectivity index (χ0) is 14.5. The number of hydrogen-bond donors (Lipinski definition) is 1. The SMILES string of the molecule is CCC(C)(C)OC(Cc1cccc(O)c1)C(=O)OC. The Balaban J connectivity index is 2.83. The van der Waals surface area contributed by atoms with Crippen LogP contribution in [0.2, 0.25) is 0 Å². The van der Waals surface area contributed by atoms with Crippen molar-refractivity contribution in [3.8, 4) is 5.75 Å². The van der Waals surface area contributed by atoms with E-state index in [1.54, 1.807) is 18.2 Å². The van der Waals surface area contributed by atoms with Gasteiger partial charge >= 0.3 is 5.97 Å². The van der Waals surface area contributed by atoms with E-state index in [4.69, 9.17) is 9.47 Å². The Morgan fingerprint density at radius 3 is 2.63 bits per heavy atom. The molecule has 0 saturated carbocycles. The lowest BCUT2D eigenvalue weighted by Gasteiger charge is -2.28. The van der Waals surface area contributed by atoms with E-state index in [2.05, 4.69) is 0 Å². The lowest BCUT2D eigenvalue weighted by Crippen LogP contribution is -2.37. The highest BCUT2D eigenvalue weighted by Gasteiger charge is 2.28. The fourth-order valence-corrected chi connectivity index (χ4v) is 1.67. The van der Waals surface area contributed by atoms with E-state index < -0.39 is 17.7 Å². The molecule has 0 aliphatic rings. The highest BCUT2D eigenvalue weighted by atomic mass is 16.6. The van der Waals surface area contributed by atoms with Crippen molar-refractivity contribution < 1.29 is 19.4 Å². The first-order chi connectivity index (χ1) is 8.88. The fourth-order valence-electron chi connectivity index (χ4n) is 1.67. The third-order valence-corrected chi connectivity index (χ3v) is 3.11. The van der Waals surface area contributed by atoms with Crippen molar-refractivity contribution in [2.45, 2.75) is 45.3 Å². The van der Waals surface area contributed by atoms with Crippen molar-refractivity contribution in [2.24, 2.45) is 0 Å². The van der Waals surface area contributed by atoms with Gasteiger partial charge in [0, 0.05) is 6.42 Å². The Bertz CT molecular complexity index is 426. The summed E-state index contributed by atoms with van der Waals surface area (Å²) in [5.41, 5.74) is 0.442. The average Bonchev–Trinajstić information content (AvgIpc) is 2.37. The summed E-state index contributed by atoms with van der Waals surface area (Å²) in [6.07, 6.45) is 0.507. The van der Waals surface area contributed by atoms with Crippen LogP contribution in [0.3, 0.4) is 0 Å². The molecule has 1 unspecified atom stereocenters. The van der Waals surface area contributed by atoms with Crippen LogP contribution in [0.5, 0.6) is 5.75 Å². The predicted molar refractivity (Wildman–Crippen MR) is 73.1 cm³/mol. The maximum absolute atomic E-state index is 11.8. The van der Waals surface area contributed by atoms with Gasteiger partial charge in [-0.1, -0.05) is 19.1 Å². The van der Waals surface area contributed by atoms with E-state index in [1.165, 1.54) is 7.11 Å². The van der Waals surface area contributed by atoms with Crippen LogP contribution in [0.4, 0.5) is 0 Å². The second-order valence-electron chi connectivity index (χ2n) is 5.12. The first-order valence-electron chi connectivity index (χ1n) is 6.41. The molecular formula is C15H22O4. The fraction of sp³-hybridized carbons (Fsp3) is 0.533. The monoisotopic (exact) mass is 266 g/mol. The van der Waals surface area contributed by atoms with E-state index in [-0.39, 0.29) is 5.75 Å². The van der Waals surface area contributed by atoms with Crippen LogP contribution in [0.15, 0.2) is 24.3 Å². The first-order valence-corrected chi connectivity index (χ1v) is 6.41. The zero-order valence-corrected chi connectivity index (χ0v) is 12.0. The number of methoxy groups -OCH3 is 1. The normalized spacial score (nSPS) is 13.1. The minimum atomic E-state index is -0.665. The number of aromatic hydroxyl groups is 1. The van der Waals surface area contributed by atoms with Gasteiger partial charge in [0.2, 0.25) is 0 Å². The number of benzene rings is 1. The smallest absolute Gasteiger partial charge is 0.335 e. The van der Waals surface area contributed by atoms with Crippen molar-refractivity contribution >= 4 is 5.97 Å². The molecule has 1 aromatic rings. The van der Waals surface area contributed by atoms with Crippen molar-refractivity contribution in [3.05, 3.63) is 29.8 Å². The number of carbonyl (C=O) groups excluding carboxylic acids is 1. The third-order valence-electron chi connectivity index (χ3n) is 3.11. The van der Waals surface area contributed by atoms with Crippen LogP contribution < -0.4 is 0 Å². The second kappa shape index (κ2) is 6.57. The van der Waals surface area contributed by atoms with Gasteiger partial charge in [-0.15, -0.1) is 0 Å². The van der Waals surface area contributed by atoms with Gasteiger partial charge < -0.3 is 14.6 Å². The van der Waals surface area contributed by atoms with Gasteiger partial charge in [0.15, 0.2) is 6.10 Å². The molecule has 1 N–H and O–H groups in total. The lowest BCUT2D eigenvalue weighted by atomic mass is 10.0. The van der Waals surface area contributed by atoms with Gasteiger partial charge in [-0.3, -0.25) is 0 Å². The number of phenolic OH excluding ortho intramolecular Hbond substituents is 1. The highest BCUT2D eigenvalue weighted by molar-refractivity contribution is 5.75. The number of hydrogen-bond acceptors (Lipinski definition) is 4. The van der Waals surface area contributed by atoms with Crippen LogP contribution in [0, 0.1) is 0 Å². The van der Waals surface area contributed by atoms with E-state index in [9.17, 15) is 9.90 Å². The molecule has 106 valence electrons. The summed E-state index contributed by atoms with van der Waals surface area (Å²) >= 11 is 0. The molecule has 1 aromatic carbocycles. The van der Waals surface area contributed by atoms with Gasteiger partial charge in [-0.25, -0.2) is 4.79 Å². The number of rotatable bonds is 6. The van der Waals surface area contributed by atoms with Crippen LogP contribution in [0.25, 0.3) is 0 Å². The molecule has 1 rings (SSSR count). The quantitative estimate of drug-likeness (QED) is 0.804. The summed E-state index contributed by atoms with van der Waals surface area (Å²) in [5, 5.41) is 9.44. The minimum absolute atomic E-state index is 0.177. The van der Waals surface area contributed by atoms with Crippen LogP contribution in [-0.4, -0.2) is 29.9 Å². The van der Waals surface area contributed by atoms with Crippen molar-refractivity contribution in [1.29, 1.82) is 0 Å². The molecule has 0 spiro atoms. The van der Waals surface area contributed by atoms with Crippen LogP contribution >= 0.6 is 0 Å². The molecule has 0 aromatic heterocycles. The number of ether oxygens (including phenoxy) is 2. The molecule has 0 aliphatic heterocycles. The standard InChI is InChI=1S/C15H22O4/c1-5-15(2,3)19-13(14(17)18-4)10-11-7-6-8-12(16)9-11/h6-9,13,16H,5,10H2,1-4H3. The van der Waals surface area contributed by atoms with E-state index in [0.29, 0.717) is 6.42 Å². The first kappa shape index (κ1) is 15.5. The Labute approximate surface area is 114 Å². The summed E-state index contributed by atoms with van der Waals surface area (Å²) in [6.45, 7) is 5.87. The molecule has 0 heterocycles. The number of phenols is 1. The molecule has 0 radical (unpaired) electrons. The van der Waals surface area contributed by atoms with Crippen molar-refractivity contribution in [3.63, 3.8) is 0 Å². The van der Waals surface area contributed by atoms with E-state index in [1.807, 2.05) is 26.8 Å². The Hall–Kier alpha value is -1.55. The maximum Gasteiger partial charge on any atom is 0.335 e. The van der Waals surface area contributed by atoms with Crippen molar-refractivity contribution in [2.75, 3.05) is 7.11 Å². The molecule has 0 aliphatic carbocycles. The van der Waals surface area contributed by atoms with Gasteiger partial charge in [0.1, 0.15) is 5.75 Å². The largest absolute Gasteiger partial charge is 0.508 e. The molecule has 1 atom stereocenters. The number of carbonyl (C=O) groups is 1. The molecule has 0 bridgehead atoms. The molecule has 0 fully saturated rings. The summed E-state index contributed by atoms with van der Waals surface area (Å²) < 4.78 is 10.6. The third kappa shape index (κ3) is 4.91. The molecule has 0 amide bonds. The molecule has 4 nitrogen and oxygen atoms in total. The topological polar surface area (TPSA) is 55.8 Å². The molecule has 19 heavy (non-hydrogen) atoms. The van der Waals surface area contributed by atoms with E-state index >= 15 is 0 Å². The van der Waals surface area contributed by atoms with Gasteiger partial charge in [-0.2, -0.15) is 0 Å². The lowest BCUT2D eigenvalue weighted by molar-refractivity contribution is -0.165. The Kier molecular flexibility index (Phi) is 5.36. The van der Waals surface area contributed by atoms with Gasteiger partial charge in [0.05, 0.1) is 12.7 Å². The Morgan fingerprint density at radius 2 is 2.11 bits per heavy atom. The summed E-state index contributed by atoms with van der Waals surface area (Å²) in [7, 11) is 1.35. The highest BCUT2D eigenvalue weighted by Crippen LogP contribution is 2.21.